The molecular weight excluding hydrogens is 221 g/mol. The lowest BCUT2D eigenvalue weighted by molar-refractivity contribution is 0.101. The Morgan fingerprint density at radius 1 is 1.35 bits per heavy atom. The molecule has 1 aromatic carbocycles. The van der Waals surface area contributed by atoms with Gasteiger partial charge in [-0.2, -0.15) is 0 Å². The number of halogens is 1. The lowest BCUT2D eigenvalue weighted by atomic mass is 10.1. The summed E-state index contributed by atoms with van der Waals surface area (Å²) in [5.74, 6) is -0.760. The fourth-order valence-corrected chi connectivity index (χ4v) is 1.98. The number of benzene rings is 1. The van der Waals surface area contributed by atoms with Crippen LogP contribution in [0.4, 0.5) is 4.39 Å². The summed E-state index contributed by atoms with van der Waals surface area (Å²) in [5, 5.41) is 0.248. The summed E-state index contributed by atoms with van der Waals surface area (Å²) in [6, 6.07) is 2.97. The molecule has 17 heavy (non-hydrogen) atoms. The van der Waals surface area contributed by atoms with Gasteiger partial charge in [0.05, 0.1) is 11.1 Å². The Hall–Kier alpha value is -1.97. The van der Waals surface area contributed by atoms with E-state index in [1.165, 1.54) is 23.8 Å². The van der Waals surface area contributed by atoms with Gasteiger partial charge in [0.1, 0.15) is 5.82 Å². The lowest BCUT2D eigenvalue weighted by Gasteiger charge is -2.09. The summed E-state index contributed by atoms with van der Waals surface area (Å²) in [7, 11) is 1.62. The highest BCUT2D eigenvalue weighted by atomic mass is 19.1. The first kappa shape index (κ1) is 11.5. The van der Waals surface area contributed by atoms with E-state index < -0.39 is 11.2 Å². The van der Waals surface area contributed by atoms with Crippen molar-refractivity contribution >= 4 is 16.7 Å². The number of ketones is 1. The maximum absolute atomic E-state index is 13.8. The Balaban J connectivity index is 3.04. The molecule has 1 heterocycles. The Morgan fingerprint density at radius 2 is 2.00 bits per heavy atom. The highest BCUT2D eigenvalue weighted by molar-refractivity contribution is 5.97. The van der Waals surface area contributed by atoms with Gasteiger partial charge in [-0.05, 0) is 31.5 Å². The van der Waals surface area contributed by atoms with Crippen LogP contribution in [0.15, 0.2) is 23.1 Å². The van der Waals surface area contributed by atoms with Gasteiger partial charge < -0.3 is 4.57 Å². The summed E-state index contributed by atoms with van der Waals surface area (Å²) in [4.78, 5) is 23.4. The second-order valence-corrected chi connectivity index (χ2v) is 4.18. The summed E-state index contributed by atoms with van der Waals surface area (Å²) >= 11 is 0. The first-order valence-electron chi connectivity index (χ1n) is 5.22. The van der Waals surface area contributed by atoms with Crippen LogP contribution < -0.4 is 5.43 Å². The van der Waals surface area contributed by atoms with Gasteiger partial charge in [-0.1, -0.05) is 0 Å². The third kappa shape index (κ3) is 1.75. The lowest BCUT2D eigenvalue weighted by Crippen LogP contribution is -2.17. The third-order valence-electron chi connectivity index (χ3n) is 2.75. The number of hydrogen-bond acceptors (Lipinski definition) is 2. The minimum Gasteiger partial charge on any atom is -0.347 e. The molecule has 0 saturated carbocycles. The number of rotatable bonds is 1. The Labute approximate surface area is 97.5 Å². The maximum atomic E-state index is 13.8. The molecule has 4 heteroatoms. The molecule has 0 radical (unpaired) electrons. The molecule has 0 fully saturated rings. The molecule has 0 aliphatic heterocycles. The molecular formula is C13H12FNO2. The van der Waals surface area contributed by atoms with Crippen LogP contribution in [0.1, 0.15) is 22.8 Å². The largest absolute Gasteiger partial charge is 0.347 e. The first-order chi connectivity index (χ1) is 7.91. The van der Waals surface area contributed by atoms with E-state index in [1.54, 1.807) is 20.0 Å². The predicted octanol–water partition coefficient (Wildman–Crippen LogP) is 2.19. The molecule has 0 aliphatic carbocycles. The Kier molecular flexibility index (Phi) is 2.58. The number of carbonyl (C=O) groups is 1. The minimum absolute atomic E-state index is 0.0880. The normalized spacial score (nSPS) is 10.8. The van der Waals surface area contributed by atoms with Crippen molar-refractivity contribution < 1.29 is 9.18 Å². The third-order valence-corrected chi connectivity index (χ3v) is 2.75. The van der Waals surface area contributed by atoms with Crippen molar-refractivity contribution in [1.82, 2.24) is 4.57 Å². The van der Waals surface area contributed by atoms with Crippen LogP contribution in [-0.2, 0) is 7.05 Å². The van der Waals surface area contributed by atoms with Gasteiger partial charge >= 0.3 is 0 Å². The zero-order valence-corrected chi connectivity index (χ0v) is 9.87. The number of aryl methyl sites for hydroxylation is 2. The zero-order valence-electron chi connectivity index (χ0n) is 9.87. The number of fused-ring (bicyclic) bond motifs is 1. The topological polar surface area (TPSA) is 39.1 Å². The highest BCUT2D eigenvalue weighted by Crippen LogP contribution is 2.17. The molecule has 2 rings (SSSR count). The number of carbonyl (C=O) groups excluding carboxylic acids is 1. The molecule has 3 nitrogen and oxygen atoms in total. The summed E-state index contributed by atoms with van der Waals surface area (Å²) in [5.41, 5.74) is 0.566. The molecule has 0 atom stereocenters. The average Bonchev–Trinajstić information content (AvgIpc) is 2.21. The van der Waals surface area contributed by atoms with Gasteiger partial charge in [-0.15, -0.1) is 0 Å². The van der Waals surface area contributed by atoms with Crippen LogP contribution in [0.2, 0.25) is 0 Å². The van der Waals surface area contributed by atoms with Crippen LogP contribution in [-0.4, -0.2) is 10.4 Å². The van der Waals surface area contributed by atoms with E-state index >= 15 is 0 Å². The molecule has 2 aromatic rings. The van der Waals surface area contributed by atoms with Gasteiger partial charge in [-0.3, -0.25) is 9.59 Å². The van der Waals surface area contributed by atoms with Crippen LogP contribution in [0.3, 0.4) is 0 Å². The quantitative estimate of drug-likeness (QED) is 0.708. The fraction of sp³-hybridized carbons (Fsp3) is 0.231. The molecule has 0 amide bonds. The predicted molar refractivity (Wildman–Crippen MR) is 63.9 cm³/mol. The Morgan fingerprint density at radius 3 is 2.59 bits per heavy atom. The molecule has 0 N–H and O–H groups in total. The molecule has 1 aromatic heterocycles. The van der Waals surface area contributed by atoms with E-state index in [9.17, 15) is 14.0 Å². The van der Waals surface area contributed by atoms with Crippen LogP contribution >= 0.6 is 0 Å². The van der Waals surface area contributed by atoms with Gasteiger partial charge in [0.25, 0.3) is 0 Å². The standard InChI is InChI=1S/C13H12FNO2/c1-7-4-9-12(11(14)5-7)15(3)6-10(8(2)16)13(9)17/h4-6H,1-3H3. The van der Waals surface area contributed by atoms with E-state index in [-0.39, 0.29) is 22.2 Å². The smallest absolute Gasteiger partial charge is 0.200 e. The fourth-order valence-electron chi connectivity index (χ4n) is 1.98. The van der Waals surface area contributed by atoms with Gasteiger partial charge in [0.2, 0.25) is 0 Å². The maximum Gasteiger partial charge on any atom is 0.200 e. The number of nitrogens with zero attached hydrogens (tertiary/aromatic N) is 1. The number of hydrogen-bond donors (Lipinski definition) is 0. The van der Waals surface area contributed by atoms with Crippen molar-refractivity contribution in [2.45, 2.75) is 13.8 Å². The average molecular weight is 233 g/mol. The second-order valence-electron chi connectivity index (χ2n) is 4.18. The van der Waals surface area contributed by atoms with Crippen LogP contribution in [0.5, 0.6) is 0 Å². The van der Waals surface area contributed by atoms with Gasteiger partial charge in [-0.25, -0.2) is 4.39 Å². The van der Waals surface area contributed by atoms with Crippen molar-refractivity contribution in [3.05, 3.63) is 45.5 Å². The zero-order chi connectivity index (χ0) is 12.7. The SMILES string of the molecule is CC(=O)c1cn(C)c2c(F)cc(C)cc2c1=O. The second kappa shape index (κ2) is 3.80. The van der Waals surface area contributed by atoms with Crippen molar-refractivity contribution in [3.8, 4) is 0 Å². The summed E-state index contributed by atoms with van der Waals surface area (Å²) < 4.78 is 15.3. The van der Waals surface area contributed by atoms with E-state index in [0.29, 0.717) is 5.56 Å². The van der Waals surface area contributed by atoms with E-state index in [2.05, 4.69) is 0 Å². The van der Waals surface area contributed by atoms with Crippen LogP contribution in [0, 0.1) is 12.7 Å². The van der Waals surface area contributed by atoms with Crippen molar-refractivity contribution in [3.63, 3.8) is 0 Å². The molecule has 0 spiro atoms. The summed E-state index contributed by atoms with van der Waals surface area (Å²) in [6.07, 6.45) is 1.38. The van der Waals surface area contributed by atoms with E-state index in [0.717, 1.165) is 0 Å². The number of aromatic nitrogens is 1. The van der Waals surface area contributed by atoms with E-state index in [4.69, 9.17) is 0 Å². The van der Waals surface area contributed by atoms with Crippen LogP contribution in [0.25, 0.3) is 10.9 Å². The van der Waals surface area contributed by atoms with Gasteiger partial charge in [0, 0.05) is 18.6 Å². The Bertz CT molecular complexity index is 686. The number of Topliss-reactive ketones (excluding diaryl/α,β-unsaturated/α-hetero) is 1. The van der Waals surface area contributed by atoms with Gasteiger partial charge in [0.15, 0.2) is 11.2 Å². The molecule has 0 saturated heterocycles. The molecule has 0 unspecified atom stereocenters. The van der Waals surface area contributed by atoms with Crippen molar-refractivity contribution in [2.24, 2.45) is 7.05 Å². The van der Waals surface area contributed by atoms with E-state index in [1.807, 2.05) is 0 Å². The van der Waals surface area contributed by atoms with Crippen molar-refractivity contribution in [1.29, 1.82) is 0 Å². The molecule has 0 aliphatic rings. The molecule has 88 valence electrons. The number of pyridine rings is 1. The monoisotopic (exact) mass is 233 g/mol. The highest BCUT2D eigenvalue weighted by Gasteiger charge is 2.14. The van der Waals surface area contributed by atoms with Crippen molar-refractivity contribution in [2.75, 3.05) is 0 Å². The first-order valence-corrected chi connectivity index (χ1v) is 5.22. The minimum atomic E-state index is -0.449. The summed E-state index contributed by atoms with van der Waals surface area (Å²) in [6.45, 7) is 3.04. The molecule has 0 bridgehead atoms.